The number of hydrogen-bond acceptors (Lipinski definition) is 6. The van der Waals surface area contributed by atoms with E-state index in [4.69, 9.17) is 25.8 Å². The standard InChI is InChI=1S/C19H22ClNO5S2/c1-24-16-11-18(26-3)17(25-2)10-15(16)19-21(8-9-27-19)28(22,23)12-13-4-6-14(20)7-5-13/h4-7,10-11,19H,8-9,12H2,1-3H3. The van der Waals surface area contributed by atoms with Crippen LogP contribution in [-0.4, -0.2) is 46.4 Å². The van der Waals surface area contributed by atoms with Gasteiger partial charge in [0.05, 0.1) is 32.5 Å². The lowest BCUT2D eigenvalue weighted by Crippen LogP contribution is -2.31. The highest BCUT2D eigenvalue weighted by Gasteiger charge is 2.38. The number of hydrogen-bond donors (Lipinski definition) is 0. The number of halogens is 1. The second-order valence-electron chi connectivity index (χ2n) is 6.17. The molecule has 0 saturated carbocycles. The van der Waals surface area contributed by atoms with Crippen molar-refractivity contribution in [2.24, 2.45) is 0 Å². The van der Waals surface area contributed by atoms with Crippen LogP contribution in [0.2, 0.25) is 5.02 Å². The van der Waals surface area contributed by atoms with Crippen molar-refractivity contribution in [3.63, 3.8) is 0 Å². The van der Waals surface area contributed by atoms with Crippen LogP contribution < -0.4 is 14.2 Å². The molecular formula is C19H22ClNO5S2. The maximum Gasteiger partial charge on any atom is 0.219 e. The van der Waals surface area contributed by atoms with E-state index in [2.05, 4.69) is 0 Å². The van der Waals surface area contributed by atoms with E-state index in [9.17, 15) is 8.42 Å². The van der Waals surface area contributed by atoms with Gasteiger partial charge in [-0.3, -0.25) is 0 Å². The van der Waals surface area contributed by atoms with E-state index >= 15 is 0 Å². The topological polar surface area (TPSA) is 65.1 Å². The van der Waals surface area contributed by atoms with Gasteiger partial charge in [0.25, 0.3) is 0 Å². The van der Waals surface area contributed by atoms with E-state index in [1.165, 1.54) is 4.31 Å². The Morgan fingerprint density at radius 3 is 2.25 bits per heavy atom. The maximum absolute atomic E-state index is 13.1. The molecule has 1 saturated heterocycles. The number of nitrogens with zero attached hydrogens (tertiary/aromatic N) is 1. The van der Waals surface area contributed by atoms with Crippen molar-refractivity contribution in [1.82, 2.24) is 4.31 Å². The lowest BCUT2D eigenvalue weighted by atomic mass is 10.1. The molecule has 1 unspecified atom stereocenters. The fourth-order valence-electron chi connectivity index (χ4n) is 3.10. The lowest BCUT2D eigenvalue weighted by Gasteiger charge is -2.25. The molecular weight excluding hydrogens is 422 g/mol. The monoisotopic (exact) mass is 443 g/mol. The van der Waals surface area contributed by atoms with E-state index in [1.807, 2.05) is 0 Å². The van der Waals surface area contributed by atoms with Crippen molar-refractivity contribution >= 4 is 33.4 Å². The predicted octanol–water partition coefficient (Wildman–Crippen LogP) is 3.94. The van der Waals surface area contributed by atoms with Gasteiger partial charge in [0, 0.05) is 29.0 Å². The van der Waals surface area contributed by atoms with Crippen LogP contribution in [0.1, 0.15) is 16.5 Å². The summed E-state index contributed by atoms with van der Waals surface area (Å²) in [5.74, 6) is 2.23. The number of sulfonamides is 1. The number of rotatable bonds is 7. The summed E-state index contributed by atoms with van der Waals surface area (Å²) < 4.78 is 44.0. The normalized spacial score (nSPS) is 17.5. The molecule has 0 aromatic heterocycles. The van der Waals surface area contributed by atoms with E-state index < -0.39 is 15.4 Å². The second-order valence-corrected chi connectivity index (χ2v) is 9.71. The summed E-state index contributed by atoms with van der Waals surface area (Å²) in [6.45, 7) is 0.433. The van der Waals surface area contributed by atoms with Gasteiger partial charge in [-0.1, -0.05) is 23.7 Å². The minimum atomic E-state index is -3.54. The van der Waals surface area contributed by atoms with Crippen molar-refractivity contribution in [3.05, 3.63) is 52.5 Å². The molecule has 6 nitrogen and oxygen atoms in total. The highest BCUT2D eigenvalue weighted by Crippen LogP contribution is 2.47. The fourth-order valence-corrected chi connectivity index (χ4v) is 6.64. The Balaban J connectivity index is 1.95. The van der Waals surface area contributed by atoms with Gasteiger partial charge in [-0.15, -0.1) is 11.8 Å². The molecule has 2 aromatic carbocycles. The van der Waals surface area contributed by atoms with Crippen LogP contribution in [0.5, 0.6) is 17.2 Å². The zero-order valence-electron chi connectivity index (χ0n) is 15.8. The average molecular weight is 444 g/mol. The molecule has 1 fully saturated rings. The minimum Gasteiger partial charge on any atom is -0.496 e. The highest BCUT2D eigenvalue weighted by molar-refractivity contribution is 8.00. The number of ether oxygens (including phenoxy) is 3. The van der Waals surface area contributed by atoms with Crippen LogP contribution in [0.25, 0.3) is 0 Å². The van der Waals surface area contributed by atoms with Crippen LogP contribution >= 0.6 is 23.4 Å². The molecule has 28 heavy (non-hydrogen) atoms. The number of thioether (sulfide) groups is 1. The van der Waals surface area contributed by atoms with Crippen LogP contribution in [0.3, 0.4) is 0 Å². The van der Waals surface area contributed by atoms with Gasteiger partial charge in [-0.2, -0.15) is 4.31 Å². The largest absolute Gasteiger partial charge is 0.496 e. The van der Waals surface area contributed by atoms with Gasteiger partial charge in [0.2, 0.25) is 10.0 Å². The fraction of sp³-hybridized carbons (Fsp3) is 0.368. The molecule has 0 spiro atoms. The molecule has 1 heterocycles. The Labute approximate surface area is 174 Å². The van der Waals surface area contributed by atoms with Crippen molar-refractivity contribution in [2.45, 2.75) is 11.1 Å². The SMILES string of the molecule is COc1cc(OC)c(C2SCCN2S(=O)(=O)Cc2ccc(Cl)cc2)cc1OC. The van der Waals surface area contributed by atoms with E-state index in [1.54, 1.807) is 69.5 Å². The predicted molar refractivity (Wildman–Crippen MR) is 112 cm³/mol. The van der Waals surface area contributed by atoms with Gasteiger partial charge in [-0.05, 0) is 23.8 Å². The van der Waals surface area contributed by atoms with Gasteiger partial charge in [0.15, 0.2) is 11.5 Å². The van der Waals surface area contributed by atoms with Crippen molar-refractivity contribution in [3.8, 4) is 17.2 Å². The highest BCUT2D eigenvalue weighted by atomic mass is 35.5. The minimum absolute atomic E-state index is 0.0865. The molecule has 9 heteroatoms. The van der Waals surface area contributed by atoms with Crippen LogP contribution in [0.4, 0.5) is 0 Å². The Hall–Kier alpha value is -1.61. The molecule has 1 atom stereocenters. The number of methoxy groups -OCH3 is 3. The van der Waals surface area contributed by atoms with Crippen LogP contribution in [0.15, 0.2) is 36.4 Å². The van der Waals surface area contributed by atoms with Crippen molar-refractivity contribution in [2.75, 3.05) is 33.6 Å². The first kappa shape index (κ1) is 21.1. The summed E-state index contributed by atoms with van der Waals surface area (Å²) in [4.78, 5) is 0. The average Bonchev–Trinajstić information content (AvgIpc) is 3.19. The van der Waals surface area contributed by atoms with Gasteiger partial charge >= 0.3 is 0 Å². The van der Waals surface area contributed by atoms with Crippen molar-refractivity contribution < 1.29 is 22.6 Å². The molecule has 152 valence electrons. The molecule has 2 aromatic rings. The third kappa shape index (κ3) is 4.35. The third-order valence-corrected chi connectivity index (χ3v) is 7.90. The summed E-state index contributed by atoms with van der Waals surface area (Å²) in [5, 5.41) is 0.179. The van der Waals surface area contributed by atoms with E-state index in [-0.39, 0.29) is 5.75 Å². The first-order valence-electron chi connectivity index (χ1n) is 8.55. The molecule has 1 aliphatic heterocycles. The Morgan fingerprint density at radius 2 is 1.64 bits per heavy atom. The summed E-state index contributed by atoms with van der Waals surface area (Å²) in [6.07, 6.45) is 0. The summed E-state index contributed by atoms with van der Waals surface area (Å²) in [6, 6.07) is 10.4. The smallest absolute Gasteiger partial charge is 0.219 e. The molecule has 0 bridgehead atoms. The van der Waals surface area contributed by atoms with Crippen molar-refractivity contribution in [1.29, 1.82) is 0 Å². The first-order valence-corrected chi connectivity index (χ1v) is 11.6. The first-order chi connectivity index (χ1) is 13.4. The zero-order chi connectivity index (χ0) is 20.3. The number of benzene rings is 2. The van der Waals surface area contributed by atoms with Gasteiger partial charge in [0.1, 0.15) is 5.75 Å². The molecule has 1 aliphatic rings. The zero-order valence-corrected chi connectivity index (χ0v) is 18.2. The maximum atomic E-state index is 13.1. The molecule has 0 amide bonds. The quantitative estimate of drug-likeness (QED) is 0.645. The Bertz CT molecular complexity index is 934. The van der Waals surface area contributed by atoms with Crippen LogP contribution in [-0.2, 0) is 15.8 Å². The molecule has 3 rings (SSSR count). The second kappa shape index (κ2) is 8.82. The molecule has 0 aliphatic carbocycles. The molecule has 0 radical (unpaired) electrons. The summed E-state index contributed by atoms with van der Waals surface area (Å²) >= 11 is 7.46. The van der Waals surface area contributed by atoms with E-state index in [0.29, 0.717) is 40.1 Å². The van der Waals surface area contributed by atoms with Gasteiger partial charge in [-0.25, -0.2) is 8.42 Å². The van der Waals surface area contributed by atoms with Gasteiger partial charge < -0.3 is 14.2 Å². The summed E-state index contributed by atoms with van der Waals surface area (Å²) in [7, 11) is 1.10. The Kier molecular flexibility index (Phi) is 6.65. The van der Waals surface area contributed by atoms with Crippen LogP contribution in [0, 0.1) is 0 Å². The molecule has 0 N–H and O–H groups in total. The lowest BCUT2D eigenvalue weighted by molar-refractivity contribution is 0.344. The Morgan fingerprint density at radius 1 is 1.04 bits per heavy atom. The third-order valence-electron chi connectivity index (χ3n) is 4.47. The summed E-state index contributed by atoms with van der Waals surface area (Å²) in [5.41, 5.74) is 1.43. The van der Waals surface area contributed by atoms with E-state index in [0.717, 1.165) is 5.56 Å².